The van der Waals surface area contributed by atoms with E-state index in [1.165, 1.54) is 42.5 Å². The number of hydrogen-bond donors (Lipinski definition) is 1. The molecule has 7 heteroatoms. The maximum absolute atomic E-state index is 11.9. The smallest absolute Gasteiger partial charge is 0.270 e. The van der Waals surface area contributed by atoms with E-state index in [2.05, 4.69) is 39.4 Å². The second-order valence-electron chi connectivity index (χ2n) is 6.20. The van der Waals surface area contributed by atoms with E-state index in [1.54, 1.807) is 6.08 Å². The van der Waals surface area contributed by atoms with Gasteiger partial charge in [0.2, 0.25) is 0 Å². The number of hydrogen-bond acceptors (Lipinski definition) is 5. The third-order valence-electron chi connectivity index (χ3n) is 4.32. The quantitative estimate of drug-likeness (QED) is 0.783. The zero-order chi connectivity index (χ0) is 17.5. The molecule has 7 nitrogen and oxygen atoms in total. The van der Waals surface area contributed by atoms with E-state index >= 15 is 0 Å². The lowest BCUT2D eigenvalue weighted by atomic mass is 9.84. The van der Waals surface area contributed by atoms with Gasteiger partial charge in [0.15, 0.2) is 6.61 Å². The van der Waals surface area contributed by atoms with Crippen molar-refractivity contribution in [2.75, 3.05) is 11.9 Å². The summed E-state index contributed by atoms with van der Waals surface area (Å²) in [6.45, 7) is 3.93. The van der Waals surface area contributed by atoms with Crippen LogP contribution in [-0.2, 0) is 11.3 Å². The largest absolute Gasteiger partial charge is 0.484 e. The Labute approximate surface area is 147 Å². The van der Waals surface area contributed by atoms with Gasteiger partial charge in [-0.05, 0) is 41.7 Å². The summed E-state index contributed by atoms with van der Waals surface area (Å²) in [5.74, 6) is 1.17. The van der Waals surface area contributed by atoms with Crippen LogP contribution in [0.3, 0.4) is 0 Å². The van der Waals surface area contributed by atoms with Crippen molar-refractivity contribution in [2.24, 2.45) is 0 Å². The number of tetrazole rings is 1. The van der Waals surface area contributed by atoms with Crippen molar-refractivity contribution < 1.29 is 9.53 Å². The molecular formula is C18H23N5O2. The Kier molecular flexibility index (Phi) is 5.77. The van der Waals surface area contributed by atoms with Crippen molar-refractivity contribution in [2.45, 2.75) is 44.6 Å². The number of rotatable bonds is 7. The number of nitrogens with zero attached hydrogens (tertiary/aromatic N) is 4. The molecule has 2 aromatic rings. The Hall–Kier alpha value is -2.70. The molecule has 1 aliphatic carbocycles. The van der Waals surface area contributed by atoms with E-state index in [4.69, 9.17) is 4.74 Å². The Morgan fingerprint density at radius 1 is 1.28 bits per heavy atom. The molecule has 1 aromatic heterocycles. The highest BCUT2D eigenvalue weighted by Gasteiger charge is 2.15. The molecule has 0 unspecified atom stereocenters. The number of anilines is 1. The fourth-order valence-corrected chi connectivity index (χ4v) is 3.07. The van der Waals surface area contributed by atoms with Crippen LogP contribution in [0.25, 0.3) is 0 Å². The van der Waals surface area contributed by atoms with Crippen molar-refractivity contribution in [1.29, 1.82) is 0 Å². The van der Waals surface area contributed by atoms with Crippen LogP contribution in [0.2, 0.25) is 0 Å². The molecule has 0 radical (unpaired) electrons. The zero-order valence-electron chi connectivity index (χ0n) is 14.2. The molecule has 1 aliphatic rings. The molecular weight excluding hydrogens is 318 g/mol. The Morgan fingerprint density at radius 3 is 2.76 bits per heavy atom. The summed E-state index contributed by atoms with van der Waals surface area (Å²) in [7, 11) is 0. The third-order valence-corrected chi connectivity index (χ3v) is 4.32. The van der Waals surface area contributed by atoms with Crippen LogP contribution in [0.5, 0.6) is 5.75 Å². The van der Waals surface area contributed by atoms with Gasteiger partial charge in [0.25, 0.3) is 11.9 Å². The summed E-state index contributed by atoms with van der Waals surface area (Å²) in [5.41, 5.74) is 1.36. The van der Waals surface area contributed by atoms with Gasteiger partial charge in [-0.2, -0.15) is 4.80 Å². The van der Waals surface area contributed by atoms with Crippen LogP contribution in [0.1, 0.15) is 43.6 Å². The van der Waals surface area contributed by atoms with Gasteiger partial charge >= 0.3 is 0 Å². The minimum absolute atomic E-state index is 0.0984. The van der Waals surface area contributed by atoms with E-state index in [0.717, 1.165) is 0 Å². The molecule has 0 bridgehead atoms. The minimum Gasteiger partial charge on any atom is -0.484 e. The lowest BCUT2D eigenvalue weighted by molar-refractivity contribution is -0.118. The van der Waals surface area contributed by atoms with Crippen molar-refractivity contribution in [3.05, 3.63) is 42.5 Å². The van der Waals surface area contributed by atoms with Crippen LogP contribution in [0.4, 0.5) is 5.95 Å². The molecule has 0 atom stereocenters. The standard InChI is InChI=1S/C18H23N5O2/c1-2-12-23-21-18(20-22-23)19-17(24)13-25-16-10-8-15(9-11-16)14-6-4-3-5-7-14/h2,8-11,14H,1,3-7,12-13H2,(H,19,21,24). The van der Waals surface area contributed by atoms with Crippen LogP contribution in [-0.4, -0.2) is 32.7 Å². The summed E-state index contributed by atoms with van der Waals surface area (Å²) in [4.78, 5) is 13.2. The fraction of sp³-hybridized carbons (Fsp3) is 0.444. The SMILES string of the molecule is C=CCn1nnc(NC(=O)COc2ccc(C3CCCCC3)cc2)n1. The summed E-state index contributed by atoms with van der Waals surface area (Å²) < 4.78 is 5.53. The van der Waals surface area contributed by atoms with E-state index in [-0.39, 0.29) is 18.5 Å². The van der Waals surface area contributed by atoms with Gasteiger partial charge in [-0.1, -0.05) is 42.6 Å². The molecule has 132 valence electrons. The van der Waals surface area contributed by atoms with Gasteiger partial charge in [0.05, 0.1) is 6.54 Å². The highest BCUT2D eigenvalue weighted by Crippen LogP contribution is 2.33. The molecule has 1 saturated carbocycles. The number of aromatic nitrogens is 4. The minimum atomic E-state index is -0.325. The summed E-state index contributed by atoms with van der Waals surface area (Å²) in [6, 6.07) is 8.06. The number of carbonyl (C=O) groups excluding carboxylic acids is 1. The first-order chi connectivity index (χ1) is 12.2. The molecule has 3 rings (SSSR count). The van der Waals surface area contributed by atoms with Gasteiger partial charge in [-0.25, -0.2) is 0 Å². The van der Waals surface area contributed by atoms with E-state index in [9.17, 15) is 4.79 Å². The first kappa shape index (κ1) is 17.1. The number of nitrogens with one attached hydrogen (secondary N) is 1. The summed E-state index contributed by atoms with van der Waals surface area (Å²) >= 11 is 0. The first-order valence-corrected chi connectivity index (χ1v) is 8.66. The van der Waals surface area contributed by atoms with Crippen LogP contribution >= 0.6 is 0 Å². The molecule has 1 aromatic carbocycles. The van der Waals surface area contributed by atoms with Crippen molar-refractivity contribution in [1.82, 2.24) is 20.2 Å². The second-order valence-corrected chi connectivity index (χ2v) is 6.20. The predicted molar refractivity (Wildman–Crippen MR) is 94.4 cm³/mol. The fourth-order valence-electron chi connectivity index (χ4n) is 3.07. The van der Waals surface area contributed by atoms with Gasteiger partial charge in [-0.15, -0.1) is 11.7 Å². The van der Waals surface area contributed by atoms with E-state index in [0.29, 0.717) is 18.2 Å². The number of amides is 1. The monoisotopic (exact) mass is 341 g/mol. The van der Waals surface area contributed by atoms with Gasteiger partial charge < -0.3 is 4.74 Å². The number of carbonyl (C=O) groups is 1. The van der Waals surface area contributed by atoms with Crippen molar-refractivity contribution >= 4 is 11.9 Å². The van der Waals surface area contributed by atoms with Crippen LogP contribution in [0, 0.1) is 0 Å². The lowest BCUT2D eigenvalue weighted by Crippen LogP contribution is -2.21. The molecule has 0 aliphatic heterocycles. The average molecular weight is 341 g/mol. The maximum atomic E-state index is 11.9. The third kappa shape index (κ3) is 4.89. The molecule has 1 amide bonds. The topological polar surface area (TPSA) is 81.9 Å². The number of allylic oxidation sites excluding steroid dienone is 1. The van der Waals surface area contributed by atoms with E-state index in [1.807, 2.05) is 12.1 Å². The Morgan fingerprint density at radius 2 is 2.04 bits per heavy atom. The molecule has 25 heavy (non-hydrogen) atoms. The van der Waals surface area contributed by atoms with Gasteiger partial charge in [0.1, 0.15) is 5.75 Å². The summed E-state index contributed by atoms with van der Waals surface area (Å²) in [5, 5.41) is 14.1. The predicted octanol–water partition coefficient (Wildman–Crippen LogP) is 2.92. The van der Waals surface area contributed by atoms with Gasteiger partial charge in [0, 0.05) is 0 Å². The lowest BCUT2D eigenvalue weighted by Gasteiger charge is -2.22. The van der Waals surface area contributed by atoms with Crippen LogP contribution < -0.4 is 10.1 Å². The second kappa shape index (κ2) is 8.41. The number of ether oxygens (including phenoxy) is 1. The molecule has 0 spiro atoms. The highest BCUT2D eigenvalue weighted by molar-refractivity contribution is 5.90. The molecule has 0 saturated heterocycles. The Balaban J connectivity index is 1.47. The first-order valence-electron chi connectivity index (χ1n) is 8.66. The zero-order valence-corrected chi connectivity index (χ0v) is 14.2. The maximum Gasteiger partial charge on any atom is 0.270 e. The number of benzene rings is 1. The van der Waals surface area contributed by atoms with Crippen LogP contribution in [0.15, 0.2) is 36.9 Å². The van der Waals surface area contributed by atoms with E-state index < -0.39 is 0 Å². The van der Waals surface area contributed by atoms with Gasteiger partial charge in [-0.3, -0.25) is 10.1 Å². The van der Waals surface area contributed by atoms with Crippen molar-refractivity contribution in [3.63, 3.8) is 0 Å². The van der Waals surface area contributed by atoms with Crippen molar-refractivity contribution in [3.8, 4) is 5.75 Å². The molecule has 1 fully saturated rings. The summed E-state index contributed by atoms with van der Waals surface area (Å²) in [6.07, 6.45) is 8.16. The average Bonchev–Trinajstić information content (AvgIpc) is 3.08. The highest BCUT2D eigenvalue weighted by atomic mass is 16.5. The molecule has 1 N–H and O–H groups in total. The normalized spacial score (nSPS) is 14.9. The molecule has 1 heterocycles. The Bertz CT molecular complexity index is 705.